The van der Waals surface area contributed by atoms with Crippen LogP contribution in [-0.2, 0) is 0 Å². The Kier molecular flexibility index (Phi) is 7.88. The van der Waals surface area contributed by atoms with Crippen LogP contribution >= 0.6 is 15.9 Å². The summed E-state index contributed by atoms with van der Waals surface area (Å²) < 4.78 is 0.920. The summed E-state index contributed by atoms with van der Waals surface area (Å²) in [6.45, 7) is 3.19. The van der Waals surface area contributed by atoms with Gasteiger partial charge in [-0.1, -0.05) is 27.2 Å². The van der Waals surface area contributed by atoms with Crippen molar-refractivity contribution in [2.75, 3.05) is 18.2 Å². The molecular weight excluding hydrogens is 414 g/mol. The lowest BCUT2D eigenvalue weighted by molar-refractivity contribution is -0.0732. The Hall–Kier alpha value is -1.84. The number of benzene rings is 2. The molecule has 0 radical (unpaired) electrons. The molecule has 146 valence electrons. The highest BCUT2D eigenvalue weighted by atomic mass is 79.9. The minimum atomic E-state index is -1.51. The minimum Gasteiger partial charge on any atom is -0.394 e. The zero-order valence-corrected chi connectivity index (χ0v) is 16.8. The van der Waals surface area contributed by atoms with Crippen molar-refractivity contribution in [3.63, 3.8) is 0 Å². The highest BCUT2D eigenvalue weighted by Gasteiger charge is 2.26. The third kappa shape index (κ3) is 6.08. The number of rotatable bonds is 8. The van der Waals surface area contributed by atoms with Gasteiger partial charge in [0.2, 0.25) is 0 Å². The maximum absolute atomic E-state index is 10.2. The maximum Gasteiger partial charge on any atom is 0.110 e. The van der Waals surface area contributed by atoms with Gasteiger partial charge in [-0.15, -0.1) is 5.11 Å². The van der Waals surface area contributed by atoms with Gasteiger partial charge in [-0.3, -0.25) is 0 Å². The van der Waals surface area contributed by atoms with Crippen molar-refractivity contribution in [1.29, 1.82) is 0 Å². The number of hydrogen-bond acceptors (Lipinski definition) is 6. The van der Waals surface area contributed by atoms with Gasteiger partial charge in [-0.25, -0.2) is 5.01 Å². The van der Waals surface area contributed by atoms with Gasteiger partial charge in [0.25, 0.3) is 0 Å². The molecule has 2 aromatic rings. The molecular formula is C19H24BrN3O4. The maximum atomic E-state index is 10.2. The zero-order valence-electron chi connectivity index (χ0n) is 15.2. The van der Waals surface area contributed by atoms with E-state index in [1.54, 1.807) is 12.1 Å². The molecule has 0 aromatic heterocycles. The van der Waals surface area contributed by atoms with E-state index in [1.807, 2.05) is 44.2 Å². The van der Waals surface area contributed by atoms with Crippen LogP contribution in [0.5, 0.6) is 0 Å². The summed E-state index contributed by atoms with van der Waals surface area (Å²) in [6.07, 6.45) is -4.28. The number of aliphatic hydroxyl groups is 4. The number of aryl methyl sites for hydroxylation is 2. The molecule has 0 unspecified atom stereocenters. The first-order valence-corrected chi connectivity index (χ1v) is 9.28. The number of nitrogens with zero attached hydrogens (tertiary/aromatic N) is 3. The van der Waals surface area contributed by atoms with E-state index in [0.717, 1.165) is 15.6 Å². The molecule has 2 aromatic carbocycles. The van der Waals surface area contributed by atoms with E-state index in [0.29, 0.717) is 11.4 Å². The second kappa shape index (κ2) is 9.91. The summed E-state index contributed by atoms with van der Waals surface area (Å²) in [5.41, 5.74) is 3.46. The van der Waals surface area contributed by atoms with Crippen LogP contribution in [0, 0.1) is 13.8 Å². The van der Waals surface area contributed by atoms with Crippen molar-refractivity contribution in [2.24, 2.45) is 10.3 Å². The van der Waals surface area contributed by atoms with Gasteiger partial charge < -0.3 is 20.4 Å². The van der Waals surface area contributed by atoms with Crippen molar-refractivity contribution in [3.8, 4) is 0 Å². The molecule has 0 amide bonds. The lowest BCUT2D eigenvalue weighted by Gasteiger charge is -2.26. The Morgan fingerprint density at radius 1 is 0.963 bits per heavy atom. The molecule has 0 saturated carbocycles. The van der Waals surface area contributed by atoms with E-state index in [-0.39, 0.29) is 6.54 Å². The van der Waals surface area contributed by atoms with E-state index in [9.17, 15) is 15.3 Å². The normalized spacial score (nSPS) is 14.9. The van der Waals surface area contributed by atoms with Crippen LogP contribution in [-0.4, -0.2) is 51.9 Å². The molecule has 27 heavy (non-hydrogen) atoms. The number of halogens is 1. The summed E-state index contributed by atoms with van der Waals surface area (Å²) in [7, 11) is 0. The van der Waals surface area contributed by atoms with E-state index >= 15 is 0 Å². The lowest BCUT2D eigenvalue weighted by atomic mass is 10.1. The monoisotopic (exact) mass is 437 g/mol. The van der Waals surface area contributed by atoms with E-state index in [1.165, 1.54) is 5.01 Å². The van der Waals surface area contributed by atoms with Gasteiger partial charge >= 0.3 is 0 Å². The van der Waals surface area contributed by atoms with Gasteiger partial charge in [0.15, 0.2) is 0 Å². The van der Waals surface area contributed by atoms with Gasteiger partial charge in [0.05, 0.1) is 24.5 Å². The second-order valence-electron chi connectivity index (χ2n) is 6.32. The summed E-state index contributed by atoms with van der Waals surface area (Å²) in [5.74, 6) is 0. The van der Waals surface area contributed by atoms with E-state index in [2.05, 4.69) is 26.3 Å². The molecule has 8 heteroatoms. The molecule has 0 aliphatic rings. The summed E-state index contributed by atoms with van der Waals surface area (Å²) in [5, 5.41) is 48.5. The van der Waals surface area contributed by atoms with Crippen LogP contribution in [0.1, 0.15) is 11.1 Å². The average molecular weight is 438 g/mol. The highest BCUT2D eigenvalue weighted by molar-refractivity contribution is 9.10. The molecule has 0 spiro atoms. The van der Waals surface area contributed by atoms with Gasteiger partial charge in [0, 0.05) is 4.47 Å². The van der Waals surface area contributed by atoms with Crippen molar-refractivity contribution >= 4 is 27.3 Å². The third-order valence-corrected chi connectivity index (χ3v) is 4.75. The van der Waals surface area contributed by atoms with E-state index in [4.69, 9.17) is 5.11 Å². The number of anilines is 1. The Labute approximate surface area is 166 Å². The molecule has 3 atom stereocenters. The van der Waals surface area contributed by atoms with Crippen LogP contribution in [0.3, 0.4) is 0 Å². The lowest BCUT2D eigenvalue weighted by Crippen LogP contribution is -2.44. The first-order chi connectivity index (χ1) is 12.8. The highest BCUT2D eigenvalue weighted by Crippen LogP contribution is 2.23. The van der Waals surface area contributed by atoms with Crippen LogP contribution in [0.2, 0.25) is 0 Å². The minimum absolute atomic E-state index is 0.110. The average Bonchev–Trinajstić information content (AvgIpc) is 2.67. The molecule has 0 aliphatic heterocycles. The fourth-order valence-electron chi connectivity index (χ4n) is 2.34. The predicted molar refractivity (Wildman–Crippen MR) is 107 cm³/mol. The Bertz CT molecular complexity index is 770. The largest absolute Gasteiger partial charge is 0.394 e. The van der Waals surface area contributed by atoms with Crippen LogP contribution in [0.25, 0.3) is 0 Å². The Morgan fingerprint density at radius 3 is 2.22 bits per heavy atom. The number of hydrogen-bond donors (Lipinski definition) is 4. The van der Waals surface area contributed by atoms with Crippen LogP contribution < -0.4 is 5.01 Å². The summed E-state index contributed by atoms with van der Waals surface area (Å²) in [6, 6.07) is 12.9. The molecule has 0 fully saturated rings. The second-order valence-corrected chi connectivity index (χ2v) is 7.24. The van der Waals surface area contributed by atoms with Crippen molar-refractivity contribution < 1.29 is 20.4 Å². The fraction of sp³-hybridized carbons (Fsp3) is 0.368. The van der Waals surface area contributed by atoms with Gasteiger partial charge in [-0.05, 0) is 61.4 Å². The van der Waals surface area contributed by atoms with Crippen molar-refractivity contribution in [2.45, 2.75) is 32.2 Å². The van der Waals surface area contributed by atoms with Crippen molar-refractivity contribution in [1.82, 2.24) is 0 Å². The smallest absolute Gasteiger partial charge is 0.110 e. The van der Waals surface area contributed by atoms with Crippen molar-refractivity contribution in [3.05, 3.63) is 58.1 Å². The summed E-state index contributed by atoms with van der Waals surface area (Å²) >= 11 is 3.36. The molecule has 7 nitrogen and oxygen atoms in total. The van der Waals surface area contributed by atoms with Crippen LogP contribution in [0.4, 0.5) is 11.4 Å². The Morgan fingerprint density at radius 2 is 1.63 bits per heavy atom. The molecule has 4 N–H and O–H groups in total. The first kappa shape index (κ1) is 21.5. The molecule has 2 rings (SSSR count). The molecule has 0 heterocycles. The van der Waals surface area contributed by atoms with E-state index < -0.39 is 24.9 Å². The molecule has 0 saturated heterocycles. The predicted octanol–water partition coefficient (Wildman–Crippen LogP) is 2.65. The zero-order chi connectivity index (χ0) is 20.0. The molecule has 0 aliphatic carbocycles. The number of aliphatic hydroxyl groups excluding tert-OH is 4. The van der Waals surface area contributed by atoms with Gasteiger partial charge in [0.1, 0.15) is 18.3 Å². The third-order valence-electron chi connectivity index (χ3n) is 4.22. The molecule has 0 bridgehead atoms. The van der Waals surface area contributed by atoms with Gasteiger partial charge in [-0.2, -0.15) is 0 Å². The first-order valence-electron chi connectivity index (χ1n) is 8.49. The fourth-order valence-corrected chi connectivity index (χ4v) is 2.61. The topological polar surface area (TPSA) is 109 Å². The summed E-state index contributed by atoms with van der Waals surface area (Å²) in [4.78, 5) is 0. The Balaban J connectivity index is 2.27. The van der Waals surface area contributed by atoms with Crippen LogP contribution in [0.15, 0.2) is 57.3 Å². The quantitative estimate of drug-likeness (QED) is 0.374. The SMILES string of the molecule is Cc1ccc(N(C[C@H](O)[C@@H](O)[C@H](O)CO)N=Nc2ccc(Br)cc2)cc1C. The standard InChI is InChI=1S/C19H24BrN3O4/c1-12-3-8-16(9-13(12)2)23(10-17(25)19(27)18(26)11-24)22-21-15-6-4-14(20)5-7-15/h3-9,17-19,24-27H,10-11H2,1-2H3/t17-,18+,19+/m0/s1.